The molecule has 3 aromatic carbocycles. The van der Waals surface area contributed by atoms with Crippen LogP contribution in [-0.4, -0.2) is 26.3 Å². The van der Waals surface area contributed by atoms with Crippen molar-refractivity contribution in [3.8, 4) is 0 Å². The van der Waals surface area contributed by atoms with Crippen LogP contribution in [0.3, 0.4) is 0 Å². The van der Waals surface area contributed by atoms with Crippen LogP contribution in [0.15, 0.2) is 72.8 Å². The molecule has 1 amide bonds. The molecule has 0 unspecified atom stereocenters. The number of ether oxygens (including phenoxy) is 2. The number of nitrogens with one attached hydrogen (secondary N) is 1. The quantitative estimate of drug-likeness (QED) is 0.425. The molecule has 0 spiro atoms. The first-order valence-corrected chi connectivity index (χ1v) is 11.3. The lowest BCUT2D eigenvalue weighted by Gasteiger charge is -2.31. The molecule has 0 saturated carbocycles. The van der Waals surface area contributed by atoms with Crippen LogP contribution in [0.5, 0.6) is 0 Å². The number of carbonyl (C=O) groups is 2. The van der Waals surface area contributed by atoms with Crippen molar-refractivity contribution >= 4 is 17.7 Å². The van der Waals surface area contributed by atoms with E-state index in [4.69, 9.17) is 4.74 Å². The second-order valence-electron chi connectivity index (χ2n) is 9.47. The van der Waals surface area contributed by atoms with E-state index in [-0.39, 0.29) is 23.2 Å². The summed E-state index contributed by atoms with van der Waals surface area (Å²) < 4.78 is 9.43. The van der Waals surface area contributed by atoms with Gasteiger partial charge in [0.1, 0.15) is 0 Å². The summed E-state index contributed by atoms with van der Waals surface area (Å²) in [4.78, 5) is 23.0. The van der Waals surface area contributed by atoms with Crippen molar-refractivity contribution in [2.45, 2.75) is 44.9 Å². The molecule has 0 heterocycles. The highest BCUT2D eigenvalue weighted by atomic mass is 16.5. The van der Waals surface area contributed by atoms with Gasteiger partial charge in [0, 0.05) is 16.5 Å². The fourth-order valence-corrected chi connectivity index (χ4v) is 4.05. The summed E-state index contributed by atoms with van der Waals surface area (Å²) in [6.07, 6.45) is -0.213. The number of rotatable bonds is 7. The molecule has 5 nitrogen and oxygen atoms in total. The highest BCUT2D eigenvalue weighted by Gasteiger charge is 2.28. The highest BCUT2D eigenvalue weighted by Crippen LogP contribution is 2.37. The highest BCUT2D eigenvalue weighted by molar-refractivity contribution is 5.84. The summed E-state index contributed by atoms with van der Waals surface area (Å²) in [6.45, 7) is 8.82. The predicted molar refractivity (Wildman–Crippen MR) is 135 cm³/mol. The van der Waals surface area contributed by atoms with Gasteiger partial charge in [0.05, 0.1) is 20.6 Å². The minimum Gasteiger partial charge on any atom is -0.469 e. The van der Waals surface area contributed by atoms with Gasteiger partial charge in [-0.15, -0.1) is 0 Å². The average Bonchev–Trinajstić information content (AvgIpc) is 2.84. The van der Waals surface area contributed by atoms with E-state index in [2.05, 4.69) is 74.1 Å². The zero-order valence-electron chi connectivity index (χ0n) is 20.8. The Kier molecular flexibility index (Phi) is 7.45. The SMILES string of the molecule is COC(=O)Cc1ccc(C(C)(C)c2cccc(C(C)(C)c3ccc(NC(=O)OC)cc3)c2)cc1. The van der Waals surface area contributed by atoms with Crippen molar-refractivity contribution in [2.24, 2.45) is 0 Å². The molecule has 0 saturated heterocycles. The minimum absolute atomic E-state index is 0.218. The number of anilines is 1. The Balaban J connectivity index is 1.86. The molecule has 5 heteroatoms. The number of hydrogen-bond donors (Lipinski definition) is 1. The second kappa shape index (κ2) is 10.1. The van der Waals surface area contributed by atoms with Gasteiger partial charge < -0.3 is 9.47 Å². The van der Waals surface area contributed by atoms with Gasteiger partial charge in [0.2, 0.25) is 0 Å². The van der Waals surface area contributed by atoms with Gasteiger partial charge in [-0.25, -0.2) is 4.79 Å². The Morgan fingerprint density at radius 3 is 1.68 bits per heavy atom. The van der Waals surface area contributed by atoms with Crippen LogP contribution >= 0.6 is 0 Å². The maximum atomic E-state index is 11.6. The van der Waals surface area contributed by atoms with Gasteiger partial charge in [-0.05, 0) is 39.9 Å². The molecule has 0 aromatic heterocycles. The van der Waals surface area contributed by atoms with Crippen LogP contribution in [0.1, 0.15) is 55.5 Å². The van der Waals surface area contributed by atoms with Crippen LogP contribution in [0.2, 0.25) is 0 Å². The van der Waals surface area contributed by atoms with Crippen LogP contribution < -0.4 is 5.32 Å². The van der Waals surface area contributed by atoms with Crippen LogP contribution in [0.25, 0.3) is 0 Å². The van der Waals surface area contributed by atoms with Gasteiger partial charge in [-0.3, -0.25) is 10.1 Å². The van der Waals surface area contributed by atoms with Gasteiger partial charge in [0.25, 0.3) is 0 Å². The number of hydrogen-bond acceptors (Lipinski definition) is 4. The van der Waals surface area contributed by atoms with E-state index >= 15 is 0 Å². The van der Waals surface area contributed by atoms with Gasteiger partial charge in [-0.1, -0.05) is 88.4 Å². The zero-order chi connectivity index (χ0) is 24.9. The minimum atomic E-state index is -0.486. The Morgan fingerprint density at radius 1 is 0.706 bits per heavy atom. The van der Waals surface area contributed by atoms with E-state index in [0.29, 0.717) is 5.69 Å². The first kappa shape index (κ1) is 25.0. The summed E-state index contributed by atoms with van der Waals surface area (Å²) in [5, 5.41) is 2.69. The largest absolute Gasteiger partial charge is 0.469 e. The third kappa shape index (κ3) is 5.48. The maximum absolute atomic E-state index is 11.6. The smallest absolute Gasteiger partial charge is 0.411 e. The fraction of sp³-hybridized carbons (Fsp3) is 0.310. The third-order valence-electron chi connectivity index (χ3n) is 6.60. The molecule has 1 N–H and O–H groups in total. The number of methoxy groups -OCH3 is 2. The van der Waals surface area contributed by atoms with Crippen LogP contribution in [0.4, 0.5) is 10.5 Å². The first-order chi connectivity index (χ1) is 16.1. The molecule has 0 radical (unpaired) electrons. The zero-order valence-corrected chi connectivity index (χ0v) is 20.8. The molecule has 0 aliphatic rings. The van der Waals surface area contributed by atoms with E-state index in [0.717, 1.165) is 11.1 Å². The number of amides is 1. The summed E-state index contributed by atoms with van der Waals surface area (Å²) in [5.41, 5.74) is 5.91. The topological polar surface area (TPSA) is 64.6 Å². The van der Waals surface area contributed by atoms with E-state index in [1.54, 1.807) is 0 Å². The predicted octanol–water partition coefficient (Wildman–Crippen LogP) is 6.23. The van der Waals surface area contributed by atoms with Gasteiger partial charge >= 0.3 is 12.1 Å². The van der Waals surface area contributed by atoms with Crippen molar-refractivity contribution in [1.29, 1.82) is 0 Å². The molecule has 0 fully saturated rings. The second-order valence-corrected chi connectivity index (χ2v) is 9.47. The van der Waals surface area contributed by atoms with Crippen molar-refractivity contribution in [1.82, 2.24) is 0 Å². The van der Waals surface area contributed by atoms with Gasteiger partial charge in [-0.2, -0.15) is 0 Å². The van der Waals surface area contributed by atoms with Crippen molar-refractivity contribution < 1.29 is 19.1 Å². The standard InChI is InChI=1S/C29H33NO4/c1-28(2,21-12-10-20(11-13-21)18-26(31)33-5)23-8-7-9-24(19-23)29(3,4)22-14-16-25(17-15-22)30-27(32)34-6/h7-17,19H,18H2,1-6H3,(H,30,32). The summed E-state index contributed by atoms with van der Waals surface area (Å²) in [6, 6.07) is 24.7. The summed E-state index contributed by atoms with van der Waals surface area (Å²) >= 11 is 0. The molecule has 178 valence electrons. The Hall–Kier alpha value is -3.60. The average molecular weight is 460 g/mol. The molecular weight excluding hydrogens is 426 g/mol. The third-order valence-corrected chi connectivity index (χ3v) is 6.60. The van der Waals surface area contributed by atoms with Crippen LogP contribution in [-0.2, 0) is 31.5 Å². The van der Waals surface area contributed by atoms with Crippen LogP contribution in [0, 0.1) is 0 Å². The lowest BCUT2D eigenvalue weighted by molar-refractivity contribution is -0.139. The van der Waals surface area contributed by atoms with E-state index in [1.165, 1.54) is 30.9 Å². The van der Waals surface area contributed by atoms with E-state index in [1.807, 2.05) is 36.4 Å². The first-order valence-electron chi connectivity index (χ1n) is 11.3. The lowest BCUT2D eigenvalue weighted by Crippen LogP contribution is -2.23. The molecular formula is C29H33NO4. The number of carbonyl (C=O) groups excluding carboxylic acids is 2. The fourth-order valence-electron chi connectivity index (χ4n) is 4.05. The van der Waals surface area contributed by atoms with Crippen molar-refractivity contribution in [3.05, 3.63) is 101 Å². The monoisotopic (exact) mass is 459 g/mol. The molecule has 34 heavy (non-hydrogen) atoms. The van der Waals surface area contributed by atoms with Gasteiger partial charge in [0.15, 0.2) is 0 Å². The van der Waals surface area contributed by atoms with Crippen molar-refractivity contribution in [3.63, 3.8) is 0 Å². The van der Waals surface area contributed by atoms with E-state index in [9.17, 15) is 9.59 Å². The normalized spacial score (nSPS) is 11.6. The van der Waals surface area contributed by atoms with Crippen molar-refractivity contribution in [2.75, 3.05) is 19.5 Å². The summed E-state index contributed by atoms with van der Waals surface area (Å²) in [5.74, 6) is -0.240. The lowest BCUT2D eigenvalue weighted by atomic mass is 9.73. The Labute approximate surface area is 202 Å². The number of esters is 1. The molecule has 3 aromatic rings. The summed E-state index contributed by atoms with van der Waals surface area (Å²) in [7, 11) is 2.75. The molecule has 0 aliphatic heterocycles. The van der Waals surface area contributed by atoms with E-state index < -0.39 is 6.09 Å². The maximum Gasteiger partial charge on any atom is 0.411 e. The molecule has 3 rings (SSSR count). The molecule has 0 aliphatic carbocycles. The number of benzene rings is 3. The Morgan fingerprint density at radius 2 is 1.21 bits per heavy atom. The molecule has 0 atom stereocenters. The Bertz CT molecular complexity index is 1060. The molecule has 0 bridgehead atoms.